The lowest BCUT2D eigenvalue weighted by Crippen LogP contribution is -2.46. The fourth-order valence-corrected chi connectivity index (χ4v) is 1.13. The molecule has 0 bridgehead atoms. The van der Waals surface area contributed by atoms with Crippen molar-refractivity contribution < 1.29 is 44.1 Å². The van der Waals surface area contributed by atoms with Gasteiger partial charge in [0.05, 0.1) is 6.61 Å². The van der Waals surface area contributed by atoms with E-state index in [2.05, 4.69) is 4.52 Å². The van der Waals surface area contributed by atoms with Gasteiger partial charge in [0.15, 0.2) is 6.29 Å². The van der Waals surface area contributed by atoms with Gasteiger partial charge in [-0.05, 0) is 0 Å². The van der Waals surface area contributed by atoms with Crippen LogP contribution in [-0.2, 0) is 13.9 Å². The van der Waals surface area contributed by atoms with E-state index in [1.165, 1.54) is 0 Å². The number of carbonyl (C=O) groups is 1. The predicted molar refractivity (Wildman–Crippen MR) is 48.1 cm³/mol. The Labute approximate surface area is 90.2 Å². The monoisotopic (exact) mass is 260 g/mol. The Morgan fingerprint density at radius 3 is 2.00 bits per heavy atom. The van der Waals surface area contributed by atoms with Crippen LogP contribution in [0.2, 0.25) is 0 Å². The quantitative estimate of drug-likeness (QED) is 0.203. The molecule has 4 atom stereocenters. The summed E-state index contributed by atoms with van der Waals surface area (Å²) in [4.78, 5) is 26.6. The molecule has 16 heavy (non-hydrogen) atoms. The highest BCUT2D eigenvalue weighted by molar-refractivity contribution is 7.46. The largest absolute Gasteiger partial charge is 0.469 e. The third kappa shape index (κ3) is 5.64. The summed E-state index contributed by atoms with van der Waals surface area (Å²) in [6.07, 6.45) is -7.80. The molecule has 3 unspecified atom stereocenters. The maximum absolute atomic E-state index is 10.2. The Balaban J connectivity index is 4.22. The lowest BCUT2D eigenvalue weighted by Gasteiger charge is -2.23. The van der Waals surface area contributed by atoms with Crippen molar-refractivity contribution in [3.8, 4) is 0 Å². The van der Waals surface area contributed by atoms with Gasteiger partial charge in [-0.15, -0.1) is 0 Å². The molecule has 96 valence electrons. The summed E-state index contributed by atoms with van der Waals surface area (Å²) < 4.78 is 14.1. The maximum Gasteiger partial charge on any atom is 0.469 e. The van der Waals surface area contributed by atoms with E-state index in [9.17, 15) is 9.36 Å². The SMILES string of the molecule is O=C[C@H](O)C(O)C(O)C(O)COP(=O)(O)O. The average Bonchev–Trinajstić information content (AvgIpc) is 2.21. The minimum Gasteiger partial charge on any atom is -0.388 e. The van der Waals surface area contributed by atoms with E-state index in [-0.39, 0.29) is 6.29 Å². The van der Waals surface area contributed by atoms with E-state index in [4.69, 9.17) is 30.2 Å². The second kappa shape index (κ2) is 6.38. The minimum absolute atomic E-state index is 0.0650. The molecule has 0 aliphatic rings. The second-order valence-electron chi connectivity index (χ2n) is 2.96. The zero-order valence-corrected chi connectivity index (χ0v) is 8.84. The first-order chi connectivity index (χ1) is 7.19. The number of aliphatic hydroxyl groups excluding tert-OH is 4. The number of aliphatic hydroxyl groups is 4. The van der Waals surface area contributed by atoms with E-state index in [1.807, 2.05) is 0 Å². The lowest BCUT2D eigenvalue weighted by molar-refractivity contribution is -0.136. The Kier molecular flexibility index (Phi) is 6.23. The van der Waals surface area contributed by atoms with Gasteiger partial charge in [0.25, 0.3) is 0 Å². The number of aldehydes is 1. The van der Waals surface area contributed by atoms with Crippen molar-refractivity contribution in [1.82, 2.24) is 0 Å². The number of hydrogen-bond donors (Lipinski definition) is 6. The van der Waals surface area contributed by atoms with Crippen molar-refractivity contribution in [1.29, 1.82) is 0 Å². The standard InChI is InChI=1S/C6H13O9P/c7-1-3(8)5(10)6(11)4(9)2-15-16(12,13)14/h1,3-6,8-11H,2H2,(H2,12,13,14)/t3-,4?,5?,6?/m0/s1. The Hall–Kier alpha value is -0.380. The molecule has 0 saturated carbocycles. The van der Waals surface area contributed by atoms with Gasteiger partial charge < -0.3 is 35.0 Å². The third-order valence-electron chi connectivity index (χ3n) is 1.65. The van der Waals surface area contributed by atoms with Gasteiger partial charge in [-0.3, -0.25) is 4.52 Å². The zero-order valence-electron chi connectivity index (χ0n) is 7.95. The molecule has 0 aromatic rings. The van der Waals surface area contributed by atoms with Crippen molar-refractivity contribution in [3.63, 3.8) is 0 Å². The van der Waals surface area contributed by atoms with Crippen LogP contribution in [0.15, 0.2) is 0 Å². The fraction of sp³-hybridized carbons (Fsp3) is 0.833. The zero-order chi connectivity index (χ0) is 12.9. The highest BCUT2D eigenvalue weighted by atomic mass is 31.2. The smallest absolute Gasteiger partial charge is 0.388 e. The molecule has 0 spiro atoms. The van der Waals surface area contributed by atoms with E-state index >= 15 is 0 Å². The molecule has 9 nitrogen and oxygen atoms in total. The van der Waals surface area contributed by atoms with E-state index in [0.717, 1.165) is 0 Å². The van der Waals surface area contributed by atoms with Crippen molar-refractivity contribution in [2.24, 2.45) is 0 Å². The summed E-state index contributed by atoms with van der Waals surface area (Å²) in [6, 6.07) is 0. The van der Waals surface area contributed by atoms with Gasteiger partial charge in [-0.1, -0.05) is 0 Å². The number of phosphoric acid groups is 1. The van der Waals surface area contributed by atoms with Gasteiger partial charge in [0.2, 0.25) is 0 Å². The molecule has 0 aromatic carbocycles. The first-order valence-electron chi connectivity index (χ1n) is 4.06. The molecule has 0 rings (SSSR count). The molecule has 10 heteroatoms. The Morgan fingerprint density at radius 1 is 1.12 bits per heavy atom. The average molecular weight is 260 g/mol. The molecule has 6 N–H and O–H groups in total. The van der Waals surface area contributed by atoms with Crippen LogP contribution in [0, 0.1) is 0 Å². The van der Waals surface area contributed by atoms with Gasteiger partial charge in [-0.2, -0.15) is 0 Å². The highest BCUT2D eigenvalue weighted by Gasteiger charge is 2.31. The van der Waals surface area contributed by atoms with Crippen LogP contribution >= 0.6 is 7.82 Å². The predicted octanol–water partition coefficient (Wildman–Crippen LogP) is -3.26. The molecule has 0 heterocycles. The van der Waals surface area contributed by atoms with Crippen molar-refractivity contribution in [2.75, 3.05) is 6.61 Å². The minimum atomic E-state index is -4.80. The summed E-state index contributed by atoms with van der Waals surface area (Å²) in [7, 11) is -4.80. The van der Waals surface area contributed by atoms with Crippen LogP contribution in [0.5, 0.6) is 0 Å². The molecular weight excluding hydrogens is 247 g/mol. The van der Waals surface area contributed by atoms with Crippen LogP contribution in [0.25, 0.3) is 0 Å². The molecule has 0 aliphatic heterocycles. The van der Waals surface area contributed by atoms with Crippen LogP contribution < -0.4 is 0 Å². The van der Waals surface area contributed by atoms with Crippen LogP contribution in [0.3, 0.4) is 0 Å². The van der Waals surface area contributed by atoms with Gasteiger partial charge in [0, 0.05) is 0 Å². The maximum atomic E-state index is 10.2. The van der Waals surface area contributed by atoms with Gasteiger partial charge >= 0.3 is 7.82 Å². The normalized spacial score (nSPS) is 19.9. The van der Waals surface area contributed by atoms with Crippen molar-refractivity contribution >= 4 is 14.1 Å². The van der Waals surface area contributed by atoms with Crippen LogP contribution in [0.1, 0.15) is 0 Å². The first kappa shape index (κ1) is 15.6. The van der Waals surface area contributed by atoms with Crippen molar-refractivity contribution in [3.05, 3.63) is 0 Å². The molecule has 0 aliphatic carbocycles. The number of phosphoric ester groups is 1. The molecule has 0 saturated heterocycles. The molecule has 0 amide bonds. The van der Waals surface area contributed by atoms with E-state index in [1.54, 1.807) is 0 Å². The summed E-state index contributed by atoms with van der Waals surface area (Å²) in [6.45, 7) is -0.964. The molecule has 0 aromatic heterocycles. The van der Waals surface area contributed by atoms with Gasteiger partial charge in [-0.25, -0.2) is 4.57 Å². The number of hydrogen-bond acceptors (Lipinski definition) is 7. The lowest BCUT2D eigenvalue weighted by atomic mass is 10.0. The highest BCUT2D eigenvalue weighted by Crippen LogP contribution is 2.35. The number of carbonyl (C=O) groups excluding carboxylic acids is 1. The topological polar surface area (TPSA) is 165 Å². The van der Waals surface area contributed by atoms with Gasteiger partial charge in [0.1, 0.15) is 24.4 Å². The third-order valence-corrected chi connectivity index (χ3v) is 2.13. The van der Waals surface area contributed by atoms with Crippen molar-refractivity contribution in [2.45, 2.75) is 24.4 Å². The summed E-state index contributed by atoms with van der Waals surface area (Å²) in [5.41, 5.74) is 0. The fourth-order valence-electron chi connectivity index (χ4n) is 0.782. The Morgan fingerprint density at radius 2 is 1.62 bits per heavy atom. The first-order valence-corrected chi connectivity index (χ1v) is 5.59. The Bertz CT molecular complexity index is 263. The van der Waals surface area contributed by atoms with Crippen LogP contribution in [0.4, 0.5) is 0 Å². The number of rotatable bonds is 7. The molecule has 0 fully saturated rings. The molecular formula is C6H13O9P. The van der Waals surface area contributed by atoms with E-state index < -0.39 is 38.8 Å². The van der Waals surface area contributed by atoms with Crippen LogP contribution in [-0.4, -0.2) is 67.5 Å². The summed E-state index contributed by atoms with van der Waals surface area (Å²) >= 11 is 0. The molecule has 0 radical (unpaired) electrons. The summed E-state index contributed by atoms with van der Waals surface area (Å²) in [5.74, 6) is 0. The summed E-state index contributed by atoms with van der Waals surface area (Å²) in [5, 5.41) is 36.1. The van der Waals surface area contributed by atoms with E-state index in [0.29, 0.717) is 0 Å². The second-order valence-corrected chi connectivity index (χ2v) is 4.20.